The molecule has 0 aliphatic rings. The van der Waals surface area contributed by atoms with Crippen molar-refractivity contribution in [3.05, 3.63) is 0 Å². The molecule has 0 saturated heterocycles. The molecular formula is C19H38O2SSn. The van der Waals surface area contributed by atoms with Crippen LogP contribution in [0.2, 0.25) is 4.44 Å². The quantitative estimate of drug-likeness (QED) is 0.138. The van der Waals surface area contributed by atoms with Crippen LogP contribution in [0.4, 0.5) is 0 Å². The molecule has 0 spiro atoms. The summed E-state index contributed by atoms with van der Waals surface area (Å²) in [5.41, 5.74) is 0. The number of carbonyl (C=O) groups is 1. The van der Waals surface area contributed by atoms with Crippen molar-refractivity contribution in [1.82, 2.24) is 0 Å². The van der Waals surface area contributed by atoms with Crippen molar-refractivity contribution < 1.29 is 9.53 Å². The second-order valence-electron chi connectivity index (χ2n) is 6.54. The molecule has 2 nitrogen and oxygen atoms in total. The summed E-state index contributed by atoms with van der Waals surface area (Å²) >= 11 is 4.11. The molecule has 2 unspecified atom stereocenters. The van der Waals surface area contributed by atoms with Crippen LogP contribution in [-0.4, -0.2) is 37.0 Å². The topological polar surface area (TPSA) is 26.3 Å². The summed E-state index contributed by atoms with van der Waals surface area (Å²) in [7, 11) is 0. The first kappa shape index (κ1) is 23.6. The van der Waals surface area contributed by atoms with Gasteiger partial charge in [0.05, 0.1) is 0 Å². The molecule has 0 heterocycles. The molecule has 2 radical (unpaired) electrons. The number of rotatable bonds is 16. The van der Waals surface area contributed by atoms with Crippen LogP contribution in [-0.2, 0) is 9.53 Å². The Balaban J connectivity index is 3.60. The monoisotopic (exact) mass is 450 g/mol. The summed E-state index contributed by atoms with van der Waals surface area (Å²) in [6.45, 7) is 7.26. The van der Waals surface area contributed by atoms with E-state index in [4.69, 9.17) is 4.74 Å². The van der Waals surface area contributed by atoms with Gasteiger partial charge in [0.25, 0.3) is 0 Å². The Morgan fingerprint density at radius 1 is 1.00 bits per heavy atom. The van der Waals surface area contributed by atoms with Crippen molar-refractivity contribution in [2.75, 3.05) is 6.61 Å². The first-order chi connectivity index (χ1) is 11.1. The fraction of sp³-hybridized carbons (Fsp3) is 0.947. The Hall–Kier alpha value is 0.619. The van der Waals surface area contributed by atoms with E-state index in [9.17, 15) is 4.79 Å². The van der Waals surface area contributed by atoms with Crippen LogP contribution < -0.4 is 0 Å². The third-order valence-corrected chi connectivity index (χ3v) is 9.46. The van der Waals surface area contributed by atoms with Gasteiger partial charge < -0.3 is 0 Å². The van der Waals surface area contributed by atoms with Gasteiger partial charge in [0.2, 0.25) is 0 Å². The Labute approximate surface area is 160 Å². The van der Waals surface area contributed by atoms with E-state index in [2.05, 4.69) is 33.4 Å². The predicted molar refractivity (Wildman–Crippen MR) is 106 cm³/mol. The summed E-state index contributed by atoms with van der Waals surface area (Å²) in [5.74, 6) is 0.518. The maximum absolute atomic E-state index is 11.9. The van der Waals surface area contributed by atoms with E-state index in [1.807, 2.05) is 0 Å². The summed E-state index contributed by atoms with van der Waals surface area (Å²) in [4.78, 5) is 11.9. The minimum absolute atomic E-state index is 0.0243. The standard InChI is InChI=1S/C11H21O2S.C8H17.Sn/c1-3-5-6-10(4-2)9-13-11(12)7-8-14;1-3-5-7-8-6-4-2;/h8,10,14H,3-7,9H2,1-2H3;1,3-8H2,2H3;. The number of hydrogen-bond donors (Lipinski definition) is 1. The average molecular weight is 449 g/mol. The van der Waals surface area contributed by atoms with E-state index >= 15 is 0 Å². The van der Waals surface area contributed by atoms with Crippen LogP contribution in [0.5, 0.6) is 0 Å². The molecule has 0 N–H and O–H groups in total. The van der Waals surface area contributed by atoms with E-state index in [1.54, 1.807) is 0 Å². The molecule has 0 bridgehead atoms. The van der Waals surface area contributed by atoms with Gasteiger partial charge in [-0.1, -0.05) is 0 Å². The molecule has 0 fully saturated rings. The van der Waals surface area contributed by atoms with Gasteiger partial charge in [0.1, 0.15) is 0 Å². The van der Waals surface area contributed by atoms with Crippen LogP contribution in [0.15, 0.2) is 0 Å². The van der Waals surface area contributed by atoms with Crippen molar-refractivity contribution in [3.8, 4) is 0 Å². The third-order valence-electron chi connectivity index (χ3n) is 4.29. The molecule has 23 heavy (non-hydrogen) atoms. The number of esters is 1. The summed E-state index contributed by atoms with van der Waals surface area (Å²) in [5, 5.41) is 0. The zero-order valence-electron chi connectivity index (χ0n) is 15.6. The Kier molecular flexibility index (Phi) is 17.9. The minimum atomic E-state index is -0.521. The second-order valence-corrected chi connectivity index (χ2v) is 13.1. The number of thiol groups is 1. The van der Waals surface area contributed by atoms with Crippen molar-refractivity contribution in [3.63, 3.8) is 0 Å². The van der Waals surface area contributed by atoms with Gasteiger partial charge in [-0.05, 0) is 0 Å². The molecule has 136 valence electrons. The Bertz CT molecular complexity index is 274. The zero-order valence-corrected chi connectivity index (χ0v) is 19.4. The molecule has 0 aromatic heterocycles. The van der Waals surface area contributed by atoms with Gasteiger partial charge in [-0.2, -0.15) is 0 Å². The average Bonchev–Trinajstić information content (AvgIpc) is 2.54. The van der Waals surface area contributed by atoms with Crippen LogP contribution in [0.3, 0.4) is 0 Å². The summed E-state index contributed by atoms with van der Waals surface area (Å²) < 4.78 is 7.16. The van der Waals surface area contributed by atoms with E-state index in [0.29, 0.717) is 22.2 Å². The van der Waals surface area contributed by atoms with Crippen molar-refractivity contribution in [1.29, 1.82) is 0 Å². The van der Waals surface area contributed by atoms with Crippen molar-refractivity contribution in [2.24, 2.45) is 5.92 Å². The molecular weight excluding hydrogens is 411 g/mol. The van der Waals surface area contributed by atoms with E-state index in [-0.39, 0.29) is 5.97 Å². The van der Waals surface area contributed by atoms with Crippen LogP contribution in [0.1, 0.15) is 91.4 Å². The molecule has 0 aromatic carbocycles. The SMILES string of the molecule is CCCCCCC[CH2][Sn][CH](S)CC(=O)OCC(CC)CCCC. The molecule has 2 atom stereocenters. The number of hydrogen-bond acceptors (Lipinski definition) is 3. The molecule has 0 aliphatic carbocycles. The van der Waals surface area contributed by atoms with Crippen LogP contribution >= 0.6 is 12.6 Å². The van der Waals surface area contributed by atoms with Gasteiger partial charge in [-0.3, -0.25) is 0 Å². The van der Waals surface area contributed by atoms with Crippen LogP contribution in [0, 0.1) is 5.92 Å². The number of carbonyl (C=O) groups excluding carboxylic acids is 1. The van der Waals surface area contributed by atoms with Gasteiger partial charge in [-0.15, -0.1) is 0 Å². The van der Waals surface area contributed by atoms with Gasteiger partial charge in [-0.25, -0.2) is 0 Å². The molecule has 4 heteroatoms. The van der Waals surface area contributed by atoms with E-state index < -0.39 is 21.1 Å². The molecule has 0 aliphatic heterocycles. The van der Waals surface area contributed by atoms with E-state index in [0.717, 1.165) is 6.42 Å². The fourth-order valence-corrected chi connectivity index (χ4v) is 6.72. The Morgan fingerprint density at radius 2 is 1.65 bits per heavy atom. The normalized spacial score (nSPS) is 13.7. The van der Waals surface area contributed by atoms with E-state index in [1.165, 1.54) is 62.2 Å². The maximum atomic E-state index is 11.9. The Morgan fingerprint density at radius 3 is 2.30 bits per heavy atom. The number of ether oxygens (including phenoxy) is 1. The molecule has 0 aromatic rings. The van der Waals surface area contributed by atoms with Crippen molar-refractivity contribution in [2.45, 2.75) is 99.1 Å². The fourth-order valence-electron chi connectivity index (χ4n) is 2.57. The third kappa shape index (κ3) is 15.9. The molecule has 0 rings (SSSR count). The van der Waals surface area contributed by atoms with Gasteiger partial charge in [0.15, 0.2) is 0 Å². The second kappa shape index (κ2) is 17.4. The zero-order chi connectivity index (χ0) is 17.3. The predicted octanol–water partition coefficient (Wildman–Crippen LogP) is 5.88. The summed E-state index contributed by atoms with van der Waals surface area (Å²) in [6.07, 6.45) is 13.4. The van der Waals surface area contributed by atoms with Gasteiger partial charge in [0, 0.05) is 0 Å². The molecule has 0 saturated carbocycles. The van der Waals surface area contributed by atoms with Crippen molar-refractivity contribution >= 4 is 39.7 Å². The number of unbranched alkanes of at least 4 members (excludes halogenated alkanes) is 6. The van der Waals surface area contributed by atoms with Gasteiger partial charge >= 0.3 is 161 Å². The first-order valence-corrected chi connectivity index (χ1v) is 13.9. The summed E-state index contributed by atoms with van der Waals surface area (Å²) in [6, 6.07) is 0. The van der Waals surface area contributed by atoms with Crippen LogP contribution in [0.25, 0.3) is 0 Å². The molecule has 0 amide bonds. The first-order valence-electron chi connectivity index (χ1n) is 9.71.